The number of amides is 1. The van der Waals surface area contributed by atoms with Crippen molar-refractivity contribution in [1.82, 2.24) is 0 Å². The molecular formula is C15H12Cl3NO2. The summed E-state index contributed by atoms with van der Waals surface area (Å²) in [5.74, 6) is 0.147. The molecule has 2 aromatic carbocycles. The second-order valence-electron chi connectivity index (χ2n) is 4.53. The van der Waals surface area contributed by atoms with E-state index in [9.17, 15) is 4.79 Å². The van der Waals surface area contributed by atoms with Gasteiger partial charge in [-0.3, -0.25) is 5.32 Å². The van der Waals surface area contributed by atoms with Crippen LogP contribution < -0.4 is 10.1 Å². The molecule has 0 radical (unpaired) electrons. The largest absolute Gasteiger partial charge is 0.417 e. The van der Waals surface area contributed by atoms with E-state index in [1.54, 1.807) is 0 Å². The van der Waals surface area contributed by atoms with Crippen LogP contribution in [0.3, 0.4) is 0 Å². The average Bonchev–Trinajstić information content (AvgIpc) is 2.39. The normalized spacial score (nSPS) is 10.3. The maximum absolute atomic E-state index is 11.9. The zero-order valence-corrected chi connectivity index (χ0v) is 13.6. The molecule has 1 N–H and O–H groups in total. The van der Waals surface area contributed by atoms with Crippen molar-refractivity contribution in [3.8, 4) is 5.75 Å². The zero-order chi connectivity index (χ0) is 15.6. The Morgan fingerprint density at radius 1 is 1.00 bits per heavy atom. The molecule has 0 aromatic heterocycles. The number of halogens is 3. The Morgan fingerprint density at radius 2 is 1.67 bits per heavy atom. The summed E-state index contributed by atoms with van der Waals surface area (Å²) >= 11 is 17.6. The molecule has 1 amide bonds. The second-order valence-corrected chi connectivity index (χ2v) is 5.75. The number of hydrogen-bond acceptors (Lipinski definition) is 2. The Kier molecular flexibility index (Phi) is 4.99. The number of anilines is 1. The lowest BCUT2D eigenvalue weighted by molar-refractivity contribution is 0.215. The van der Waals surface area contributed by atoms with Crippen molar-refractivity contribution in [3.05, 3.63) is 56.5 Å². The summed E-state index contributed by atoms with van der Waals surface area (Å²) in [4.78, 5) is 11.9. The number of ether oxygens (including phenoxy) is 1. The number of aryl methyl sites for hydroxylation is 2. The highest BCUT2D eigenvalue weighted by Gasteiger charge is 2.12. The van der Waals surface area contributed by atoms with Crippen molar-refractivity contribution in [2.75, 3.05) is 5.32 Å². The van der Waals surface area contributed by atoms with E-state index < -0.39 is 6.09 Å². The molecule has 0 unspecified atom stereocenters. The molecule has 3 nitrogen and oxygen atoms in total. The lowest BCUT2D eigenvalue weighted by atomic mass is 10.1. The lowest BCUT2D eigenvalue weighted by Crippen LogP contribution is -2.17. The van der Waals surface area contributed by atoms with Crippen LogP contribution in [-0.4, -0.2) is 6.09 Å². The van der Waals surface area contributed by atoms with Crippen LogP contribution in [0.2, 0.25) is 15.1 Å². The van der Waals surface area contributed by atoms with Crippen LogP contribution in [0.15, 0.2) is 30.3 Å². The van der Waals surface area contributed by atoms with E-state index in [1.165, 1.54) is 12.1 Å². The van der Waals surface area contributed by atoms with E-state index in [4.69, 9.17) is 39.5 Å². The highest BCUT2D eigenvalue weighted by molar-refractivity contribution is 6.43. The van der Waals surface area contributed by atoms with Gasteiger partial charge in [-0.15, -0.1) is 0 Å². The third-order valence-electron chi connectivity index (χ3n) is 2.80. The molecule has 0 bridgehead atoms. The first-order valence-corrected chi connectivity index (χ1v) is 7.21. The van der Waals surface area contributed by atoms with Crippen LogP contribution in [0.4, 0.5) is 10.5 Å². The predicted octanol–water partition coefficient (Wildman–Crippen LogP) is 5.87. The van der Waals surface area contributed by atoms with Crippen LogP contribution in [0.5, 0.6) is 5.75 Å². The summed E-state index contributed by atoms with van der Waals surface area (Å²) in [5.41, 5.74) is 2.72. The summed E-state index contributed by atoms with van der Waals surface area (Å²) in [7, 11) is 0. The molecule has 2 rings (SSSR count). The van der Waals surface area contributed by atoms with Gasteiger partial charge in [-0.2, -0.15) is 0 Å². The van der Waals surface area contributed by atoms with Gasteiger partial charge in [-0.25, -0.2) is 4.79 Å². The highest BCUT2D eigenvalue weighted by atomic mass is 35.5. The molecule has 0 aliphatic rings. The predicted molar refractivity (Wildman–Crippen MR) is 87.0 cm³/mol. The molecule has 110 valence electrons. The first kappa shape index (κ1) is 16.0. The Bertz CT molecular complexity index is 702. The fraction of sp³-hybridized carbons (Fsp3) is 0.133. The Hall–Kier alpha value is -1.42. The number of rotatable bonds is 2. The van der Waals surface area contributed by atoms with Gasteiger partial charge in [0.25, 0.3) is 0 Å². The Labute approximate surface area is 137 Å². The smallest absolute Gasteiger partial charge is 0.408 e. The minimum Gasteiger partial charge on any atom is -0.408 e. The van der Waals surface area contributed by atoms with Crippen LogP contribution in [-0.2, 0) is 0 Å². The monoisotopic (exact) mass is 343 g/mol. The van der Waals surface area contributed by atoms with E-state index in [-0.39, 0.29) is 15.8 Å². The minimum absolute atomic E-state index is 0.147. The highest BCUT2D eigenvalue weighted by Crippen LogP contribution is 2.34. The van der Waals surface area contributed by atoms with Gasteiger partial charge in [0.1, 0.15) is 0 Å². The fourth-order valence-corrected chi connectivity index (χ4v) is 2.35. The van der Waals surface area contributed by atoms with Crippen molar-refractivity contribution in [3.63, 3.8) is 0 Å². The van der Waals surface area contributed by atoms with Crippen molar-refractivity contribution in [2.45, 2.75) is 13.8 Å². The maximum Gasteiger partial charge on any atom is 0.417 e. The molecule has 0 spiro atoms. The van der Waals surface area contributed by atoms with Crippen molar-refractivity contribution in [2.24, 2.45) is 0 Å². The molecule has 0 fully saturated rings. The van der Waals surface area contributed by atoms with Crippen molar-refractivity contribution in [1.29, 1.82) is 0 Å². The van der Waals surface area contributed by atoms with Crippen LogP contribution in [0.1, 0.15) is 11.1 Å². The van der Waals surface area contributed by atoms with Crippen molar-refractivity contribution < 1.29 is 9.53 Å². The van der Waals surface area contributed by atoms with E-state index in [1.807, 2.05) is 32.0 Å². The van der Waals surface area contributed by atoms with Crippen LogP contribution >= 0.6 is 34.8 Å². The standard InChI is InChI=1S/C15H12Cl3NO2/c1-8-3-4-13(9(2)5-8)19-15(20)21-14-7-11(17)10(16)6-12(14)18/h3-7H,1-2H3,(H,19,20). The summed E-state index contributed by atoms with van der Waals surface area (Å²) in [6, 6.07) is 8.48. The molecule has 21 heavy (non-hydrogen) atoms. The molecule has 0 aliphatic carbocycles. The number of carbonyl (C=O) groups excluding carboxylic acids is 1. The molecule has 0 saturated heterocycles. The summed E-state index contributed by atoms with van der Waals surface area (Å²) in [6.07, 6.45) is -0.651. The van der Waals surface area contributed by atoms with Gasteiger partial charge in [0, 0.05) is 11.8 Å². The number of benzene rings is 2. The minimum atomic E-state index is -0.651. The van der Waals surface area contributed by atoms with E-state index in [2.05, 4.69) is 5.32 Å². The summed E-state index contributed by atoms with van der Waals surface area (Å²) in [6.45, 7) is 3.87. The number of nitrogens with one attached hydrogen (secondary N) is 1. The van der Waals surface area contributed by atoms with Gasteiger partial charge in [-0.1, -0.05) is 52.5 Å². The quantitative estimate of drug-likeness (QED) is 0.691. The Morgan fingerprint density at radius 3 is 2.33 bits per heavy atom. The molecule has 2 aromatic rings. The average molecular weight is 345 g/mol. The first-order valence-electron chi connectivity index (χ1n) is 6.07. The number of carbonyl (C=O) groups is 1. The first-order chi connectivity index (χ1) is 9.86. The topological polar surface area (TPSA) is 38.3 Å². The third kappa shape index (κ3) is 4.03. The van der Waals surface area contributed by atoms with Gasteiger partial charge in [0.2, 0.25) is 0 Å². The van der Waals surface area contributed by atoms with Crippen molar-refractivity contribution >= 4 is 46.6 Å². The van der Waals surface area contributed by atoms with E-state index >= 15 is 0 Å². The van der Waals surface area contributed by atoms with Gasteiger partial charge in [0.15, 0.2) is 5.75 Å². The van der Waals surface area contributed by atoms with Crippen LogP contribution in [0, 0.1) is 13.8 Å². The van der Waals surface area contributed by atoms with Gasteiger partial charge in [-0.05, 0) is 31.5 Å². The lowest BCUT2D eigenvalue weighted by Gasteiger charge is -2.11. The van der Waals surface area contributed by atoms with Gasteiger partial charge in [0.05, 0.1) is 15.1 Å². The Balaban J connectivity index is 2.13. The van der Waals surface area contributed by atoms with E-state index in [0.717, 1.165) is 11.1 Å². The van der Waals surface area contributed by atoms with Gasteiger partial charge < -0.3 is 4.74 Å². The summed E-state index contributed by atoms with van der Waals surface area (Å²) in [5, 5.41) is 3.41. The number of hydrogen-bond donors (Lipinski definition) is 1. The fourth-order valence-electron chi connectivity index (χ4n) is 1.77. The maximum atomic E-state index is 11.9. The molecule has 0 aliphatic heterocycles. The molecule has 0 heterocycles. The van der Waals surface area contributed by atoms with Crippen LogP contribution in [0.25, 0.3) is 0 Å². The molecular weight excluding hydrogens is 333 g/mol. The zero-order valence-electron chi connectivity index (χ0n) is 11.3. The molecule has 0 atom stereocenters. The third-order valence-corrected chi connectivity index (χ3v) is 3.81. The summed E-state index contributed by atoms with van der Waals surface area (Å²) < 4.78 is 5.15. The SMILES string of the molecule is Cc1ccc(NC(=O)Oc2cc(Cl)c(Cl)cc2Cl)c(C)c1. The van der Waals surface area contributed by atoms with Gasteiger partial charge >= 0.3 is 6.09 Å². The molecule has 0 saturated carbocycles. The molecule has 6 heteroatoms. The second kappa shape index (κ2) is 6.56. The van der Waals surface area contributed by atoms with E-state index in [0.29, 0.717) is 10.7 Å².